The van der Waals surface area contributed by atoms with Gasteiger partial charge in [0.15, 0.2) is 6.10 Å². The normalized spacial score (nSPS) is 14.1. The Labute approximate surface area is 281 Å². The molecule has 0 aliphatic rings. The second-order valence-corrected chi connectivity index (χ2v) is 14.6. The number of likely N-dealkylation sites (N-methyl/N-ethyl adjacent to an activating group) is 1. The van der Waals surface area contributed by atoms with Crippen LogP contribution in [0.2, 0.25) is 0 Å². The summed E-state index contributed by atoms with van der Waals surface area (Å²) in [5, 5.41) is 0. The van der Waals surface area contributed by atoms with E-state index in [1.54, 1.807) is 0 Å². The largest absolute Gasteiger partial charge is 0.756 e. The highest BCUT2D eigenvalue weighted by atomic mass is 31.2. The fourth-order valence-electron chi connectivity index (χ4n) is 4.53. The van der Waals surface area contributed by atoms with Crippen molar-refractivity contribution in [3.63, 3.8) is 0 Å². The molecule has 0 spiro atoms. The summed E-state index contributed by atoms with van der Waals surface area (Å²) in [7, 11) is 1.15. The van der Waals surface area contributed by atoms with Crippen molar-refractivity contribution in [3.05, 3.63) is 24.3 Å². The van der Waals surface area contributed by atoms with Crippen LogP contribution in [0.1, 0.15) is 142 Å². The van der Waals surface area contributed by atoms with Crippen molar-refractivity contribution in [3.8, 4) is 0 Å². The number of quaternary nitrogens is 1. The van der Waals surface area contributed by atoms with Crippen LogP contribution < -0.4 is 4.89 Å². The Balaban J connectivity index is 4.50. The van der Waals surface area contributed by atoms with Gasteiger partial charge < -0.3 is 27.9 Å². The molecule has 46 heavy (non-hydrogen) atoms. The lowest BCUT2D eigenvalue weighted by Gasteiger charge is -2.28. The van der Waals surface area contributed by atoms with E-state index in [9.17, 15) is 19.0 Å². The highest BCUT2D eigenvalue weighted by Gasteiger charge is 2.21. The molecule has 270 valence electrons. The van der Waals surface area contributed by atoms with E-state index in [1.807, 2.05) is 21.1 Å². The predicted octanol–water partition coefficient (Wildman–Crippen LogP) is 8.60. The number of hydrogen-bond donors (Lipinski definition) is 0. The molecule has 0 amide bonds. The van der Waals surface area contributed by atoms with Crippen molar-refractivity contribution in [2.45, 2.75) is 148 Å². The van der Waals surface area contributed by atoms with Crippen LogP contribution in [0.15, 0.2) is 24.3 Å². The van der Waals surface area contributed by atoms with Crippen LogP contribution in [0.5, 0.6) is 0 Å². The average molecular weight is 674 g/mol. The fourth-order valence-corrected chi connectivity index (χ4v) is 5.26. The molecule has 0 saturated heterocycles. The molecule has 2 unspecified atom stereocenters. The lowest BCUT2D eigenvalue weighted by Crippen LogP contribution is -2.37. The fraction of sp³-hybridized carbons (Fsp3) is 0.833. The summed E-state index contributed by atoms with van der Waals surface area (Å²) >= 11 is 0. The van der Waals surface area contributed by atoms with Gasteiger partial charge >= 0.3 is 11.9 Å². The lowest BCUT2D eigenvalue weighted by atomic mass is 10.1. The van der Waals surface area contributed by atoms with E-state index < -0.39 is 32.5 Å². The number of phosphoric acid groups is 1. The molecule has 0 aliphatic heterocycles. The first-order valence-corrected chi connectivity index (χ1v) is 19.5. The van der Waals surface area contributed by atoms with E-state index in [4.69, 9.17) is 18.5 Å². The number of allylic oxidation sites excluding steroid dienone is 4. The van der Waals surface area contributed by atoms with E-state index >= 15 is 0 Å². The van der Waals surface area contributed by atoms with Gasteiger partial charge in [0.1, 0.15) is 19.8 Å². The van der Waals surface area contributed by atoms with Crippen molar-refractivity contribution >= 4 is 19.8 Å². The van der Waals surface area contributed by atoms with Gasteiger partial charge in [0.25, 0.3) is 7.82 Å². The van der Waals surface area contributed by atoms with Gasteiger partial charge in [-0.1, -0.05) is 95.9 Å². The molecule has 0 rings (SSSR count). The molecule has 0 N–H and O–H groups in total. The number of rotatable bonds is 32. The highest BCUT2D eigenvalue weighted by molar-refractivity contribution is 7.45. The number of carbonyl (C=O) groups is 2. The van der Waals surface area contributed by atoms with E-state index in [-0.39, 0.29) is 26.1 Å². The molecular formula is C36H68NO8P. The van der Waals surface area contributed by atoms with E-state index in [0.29, 0.717) is 17.4 Å². The summed E-state index contributed by atoms with van der Waals surface area (Å²) in [6.07, 6.45) is 27.8. The SMILES string of the molecule is CCC/C=C\CCCCCCCC(=O)OCC(COP(=O)([O-])OCC[N+](C)(C)C)OC(=O)CCCCCCC/C=C\CCCCC. The first-order valence-electron chi connectivity index (χ1n) is 18.0. The third-order valence-corrected chi connectivity index (χ3v) is 8.39. The van der Waals surface area contributed by atoms with Gasteiger partial charge in [0, 0.05) is 12.8 Å². The average Bonchev–Trinajstić information content (AvgIpc) is 2.99. The number of unbranched alkanes of at least 4 members (excludes halogenated alkanes) is 14. The summed E-state index contributed by atoms with van der Waals surface area (Å²) in [6.45, 7) is 4.09. The van der Waals surface area contributed by atoms with Crippen LogP contribution in [-0.4, -0.2) is 70.0 Å². The molecule has 0 radical (unpaired) electrons. The summed E-state index contributed by atoms with van der Waals surface area (Å²) in [4.78, 5) is 37.2. The molecule has 0 aromatic rings. The maximum absolute atomic E-state index is 12.5. The van der Waals surface area contributed by atoms with Gasteiger partial charge in [0.2, 0.25) is 0 Å². The summed E-state index contributed by atoms with van der Waals surface area (Å²) in [5.41, 5.74) is 0. The lowest BCUT2D eigenvalue weighted by molar-refractivity contribution is -0.870. The van der Waals surface area contributed by atoms with E-state index in [2.05, 4.69) is 38.2 Å². The molecule has 10 heteroatoms. The quantitative estimate of drug-likeness (QED) is 0.0230. The van der Waals surface area contributed by atoms with Crippen LogP contribution in [0, 0.1) is 0 Å². The number of phosphoric ester groups is 1. The van der Waals surface area contributed by atoms with Gasteiger partial charge in [-0.3, -0.25) is 14.2 Å². The maximum atomic E-state index is 12.5. The monoisotopic (exact) mass is 673 g/mol. The summed E-state index contributed by atoms with van der Waals surface area (Å²) in [5.74, 6) is -0.861. The third kappa shape index (κ3) is 32.4. The predicted molar refractivity (Wildman–Crippen MR) is 185 cm³/mol. The van der Waals surface area contributed by atoms with Gasteiger partial charge in [-0.15, -0.1) is 0 Å². The molecule has 9 nitrogen and oxygen atoms in total. The molecule has 0 aromatic heterocycles. The Bertz CT molecular complexity index is 855. The molecular weight excluding hydrogens is 605 g/mol. The van der Waals surface area contributed by atoms with E-state index in [0.717, 1.165) is 83.5 Å². The number of esters is 2. The Morgan fingerprint density at radius 1 is 0.652 bits per heavy atom. The minimum Gasteiger partial charge on any atom is -0.756 e. The smallest absolute Gasteiger partial charge is 0.306 e. The van der Waals surface area contributed by atoms with Crippen LogP contribution in [0.3, 0.4) is 0 Å². The minimum atomic E-state index is -4.61. The third-order valence-electron chi connectivity index (χ3n) is 7.42. The standard InChI is InChI=1S/C36H68NO8P/c1-6-8-10-12-14-16-18-19-21-23-25-27-29-36(39)45-34(33-44-46(40,41)43-31-30-37(3,4)5)32-42-35(38)28-26-24-22-20-17-15-13-11-9-7-2/h11,13-14,16,34H,6-10,12,15,17-33H2,1-5H3/b13-11-,16-14-. The van der Waals surface area contributed by atoms with Crippen LogP contribution in [0.4, 0.5) is 0 Å². The van der Waals surface area contributed by atoms with Gasteiger partial charge in [-0.2, -0.15) is 0 Å². The number of carbonyl (C=O) groups excluding carboxylic acids is 2. The zero-order valence-corrected chi connectivity index (χ0v) is 30.9. The minimum absolute atomic E-state index is 0.0332. The van der Waals surface area contributed by atoms with Crippen molar-refractivity contribution in [1.82, 2.24) is 0 Å². The first kappa shape index (κ1) is 44.5. The van der Waals surface area contributed by atoms with Crippen LogP contribution >= 0.6 is 7.82 Å². The van der Waals surface area contributed by atoms with Crippen LogP contribution in [-0.2, 0) is 32.7 Å². The molecule has 0 heterocycles. The van der Waals surface area contributed by atoms with Gasteiger partial charge in [-0.05, 0) is 57.8 Å². The molecule has 0 saturated carbocycles. The Hall–Kier alpha value is -1.51. The van der Waals surface area contributed by atoms with Crippen molar-refractivity contribution in [2.75, 3.05) is 47.5 Å². The first-order chi connectivity index (χ1) is 22.0. The molecule has 0 bridgehead atoms. The van der Waals surface area contributed by atoms with Gasteiger partial charge in [0.05, 0.1) is 27.7 Å². The Kier molecular flexibility index (Phi) is 28.6. The van der Waals surface area contributed by atoms with E-state index in [1.165, 1.54) is 25.7 Å². The summed E-state index contributed by atoms with van der Waals surface area (Å²) in [6, 6.07) is 0. The zero-order valence-electron chi connectivity index (χ0n) is 30.0. The molecule has 2 atom stereocenters. The summed E-state index contributed by atoms with van der Waals surface area (Å²) < 4.78 is 33.6. The maximum Gasteiger partial charge on any atom is 0.306 e. The number of nitrogens with zero attached hydrogens (tertiary/aromatic N) is 1. The van der Waals surface area contributed by atoms with Gasteiger partial charge in [-0.25, -0.2) is 0 Å². The molecule has 0 fully saturated rings. The van der Waals surface area contributed by atoms with Crippen molar-refractivity contribution < 1.29 is 42.1 Å². The Morgan fingerprint density at radius 2 is 1.15 bits per heavy atom. The highest BCUT2D eigenvalue weighted by Crippen LogP contribution is 2.38. The van der Waals surface area contributed by atoms with Crippen LogP contribution in [0.25, 0.3) is 0 Å². The zero-order chi connectivity index (χ0) is 34.4. The number of ether oxygens (including phenoxy) is 2. The molecule has 0 aromatic carbocycles. The second-order valence-electron chi connectivity index (χ2n) is 13.2. The number of hydrogen-bond acceptors (Lipinski definition) is 8. The van der Waals surface area contributed by atoms with Crippen molar-refractivity contribution in [1.29, 1.82) is 0 Å². The molecule has 0 aliphatic carbocycles. The van der Waals surface area contributed by atoms with Crippen molar-refractivity contribution in [2.24, 2.45) is 0 Å². The Morgan fingerprint density at radius 3 is 1.70 bits per heavy atom. The second kappa shape index (κ2) is 29.6. The topological polar surface area (TPSA) is 111 Å².